The summed E-state index contributed by atoms with van der Waals surface area (Å²) >= 11 is 5.56. The molecule has 1 unspecified atom stereocenters. The van der Waals surface area contributed by atoms with Gasteiger partial charge in [0.05, 0.1) is 41.5 Å². The zero-order valence-corrected chi connectivity index (χ0v) is 20.6. The average molecular weight is 562 g/mol. The first kappa shape index (κ1) is 27.6. The van der Waals surface area contributed by atoms with Gasteiger partial charge in [0.25, 0.3) is 5.60 Å². The highest BCUT2D eigenvalue weighted by Crippen LogP contribution is 2.50. The lowest BCUT2D eigenvalue weighted by Gasteiger charge is -2.46. The number of likely N-dealkylation sites (tertiary alicyclic amines) is 1. The van der Waals surface area contributed by atoms with Crippen LogP contribution in [0.15, 0.2) is 46.7 Å². The van der Waals surface area contributed by atoms with E-state index in [0.717, 1.165) is 18.3 Å². The van der Waals surface area contributed by atoms with E-state index in [4.69, 9.17) is 21.7 Å². The largest absolute Gasteiger partial charge is 0.435 e. The number of hydrogen-bond donors (Lipinski definition) is 0. The van der Waals surface area contributed by atoms with Crippen molar-refractivity contribution in [2.75, 3.05) is 13.1 Å². The number of aromatic nitrogens is 1. The molecule has 6 nitrogen and oxygen atoms in total. The van der Waals surface area contributed by atoms with Gasteiger partial charge in [-0.2, -0.15) is 36.6 Å². The van der Waals surface area contributed by atoms with Crippen LogP contribution in [0.2, 0.25) is 5.02 Å². The fraction of sp³-hybridized carbons (Fsp3) is 0.417. The highest BCUT2D eigenvalue weighted by molar-refractivity contribution is 6.31. The highest BCUT2D eigenvalue weighted by atomic mass is 35.5. The summed E-state index contributed by atoms with van der Waals surface area (Å²) in [4.78, 5) is 14.2. The fourth-order valence-electron chi connectivity index (χ4n) is 4.38. The predicted molar refractivity (Wildman–Crippen MR) is 123 cm³/mol. The minimum atomic E-state index is -5.14. The topological polar surface area (TPSA) is 73.9 Å². The van der Waals surface area contributed by atoms with Crippen molar-refractivity contribution >= 4 is 23.1 Å². The van der Waals surface area contributed by atoms with E-state index in [1.54, 1.807) is 24.9 Å². The molecule has 0 N–H and O–H groups in total. The summed E-state index contributed by atoms with van der Waals surface area (Å²) in [5.74, 6) is 0.311. The molecule has 14 heteroatoms. The Hall–Kier alpha value is -3.40. The van der Waals surface area contributed by atoms with Crippen molar-refractivity contribution in [1.29, 1.82) is 5.26 Å². The number of hydrogen-bond acceptors (Lipinski definition) is 5. The molecule has 2 aromatic rings. The molecule has 1 saturated heterocycles. The van der Waals surface area contributed by atoms with Crippen LogP contribution in [-0.2, 0) is 22.3 Å². The van der Waals surface area contributed by atoms with E-state index in [2.05, 4.69) is 15.1 Å². The van der Waals surface area contributed by atoms with Crippen LogP contribution < -0.4 is 0 Å². The SMILES string of the molecule is CC(C)C(=NC#N)N1CC(F)(c2ccc(C3=NOC(c4ccc(Cl)c(C(F)(F)F)c4)(C(F)(F)F)C3)cn2)C1. The first-order valence-electron chi connectivity index (χ1n) is 11.2. The molecule has 0 saturated carbocycles. The predicted octanol–water partition coefficient (Wildman–Crippen LogP) is 6.35. The number of nitriles is 1. The van der Waals surface area contributed by atoms with Crippen LogP contribution in [0.5, 0.6) is 0 Å². The monoisotopic (exact) mass is 561 g/mol. The minimum absolute atomic E-state index is 0.0201. The molecule has 1 fully saturated rings. The van der Waals surface area contributed by atoms with Crippen molar-refractivity contribution in [2.45, 2.75) is 43.9 Å². The Morgan fingerprint density at radius 3 is 2.37 bits per heavy atom. The smallest absolute Gasteiger partial charge is 0.374 e. The van der Waals surface area contributed by atoms with Crippen molar-refractivity contribution in [3.63, 3.8) is 0 Å². The molecule has 0 spiro atoms. The van der Waals surface area contributed by atoms with Gasteiger partial charge in [0, 0.05) is 23.2 Å². The van der Waals surface area contributed by atoms with Gasteiger partial charge in [-0.3, -0.25) is 4.98 Å². The maximum atomic E-state index is 15.4. The number of alkyl halides is 7. The third kappa shape index (κ3) is 4.77. The van der Waals surface area contributed by atoms with Crippen molar-refractivity contribution < 1.29 is 35.6 Å². The summed E-state index contributed by atoms with van der Waals surface area (Å²) in [5.41, 5.74) is -7.44. The maximum absolute atomic E-state index is 15.4. The third-order valence-electron chi connectivity index (χ3n) is 6.37. The van der Waals surface area contributed by atoms with Crippen LogP contribution in [0.3, 0.4) is 0 Å². The molecule has 1 aromatic carbocycles. The molecule has 202 valence electrons. The molecule has 1 aromatic heterocycles. The number of halogens is 8. The van der Waals surface area contributed by atoms with E-state index in [1.165, 1.54) is 12.1 Å². The molecule has 3 heterocycles. The van der Waals surface area contributed by atoms with Gasteiger partial charge in [-0.1, -0.05) is 36.7 Å². The van der Waals surface area contributed by atoms with E-state index >= 15 is 4.39 Å². The third-order valence-corrected chi connectivity index (χ3v) is 6.70. The van der Waals surface area contributed by atoms with Crippen LogP contribution in [0.4, 0.5) is 30.7 Å². The van der Waals surface area contributed by atoms with Gasteiger partial charge in [0.2, 0.25) is 6.19 Å². The van der Waals surface area contributed by atoms with Gasteiger partial charge in [-0.15, -0.1) is 0 Å². The number of oxime groups is 1. The van der Waals surface area contributed by atoms with Crippen molar-refractivity contribution in [1.82, 2.24) is 9.88 Å². The van der Waals surface area contributed by atoms with Crippen molar-refractivity contribution in [3.05, 3.63) is 63.9 Å². The zero-order valence-electron chi connectivity index (χ0n) is 19.8. The number of rotatable bonds is 4. The minimum Gasteiger partial charge on any atom is -0.374 e. The van der Waals surface area contributed by atoms with Gasteiger partial charge >= 0.3 is 12.4 Å². The van der Waals surface area contributed by atoms with E-state index < -0.39 is 46.2 Å². The summed E-state index contributed by atoms with van der Waals surface area (Å²) in [6, 6.07) is 4.44. The van der Waals surface area contributed by atoms with E-state index in [-0.39, 0.29) is 36.0 Å². The molecule has 0 amide bonds. The second-order valence-electron chi connectivity index (χ2n) is 9.30. The van der Waals surface area contributed by atoms with Crippen LogP contribution in [-0.4, -0.2) is 40.7 Å². The zero-order chi connectivity index (χ0) is 28.1. The highest BCUT2D eigenvalue weighted by Gasteiger charge is 2.62. The van der Waals surface area contributed by atoms with Gasteiger partial charge in [-0.25, -0.2) is 4.39 Å². The van der Waals surface area contributed by atoms with Crippen LogP contribution in [0.1, 0.15) is 42.7 Å². The molecule has 0 aliphatic carbocycles. The summed E-state index contributed by atoms with van der Waals surface area (Å²) in [6.45, 7) is 3.39. The Morgan fingerprint density at radius 1 is 1.16 bits per heavy atom. The Kier molecular flexibility index (Phi) is 6.84. The molecule has 2 aliphatic rings. The van der Waals surface area contributed by atoms with Crippen LogP contribution in [0.25, 0.3) is 0 Å². The van der Waals surface area contributed by atoms with E-state index in [1.807, 2.05) is 0 Å². The second kappa shape index (κ2) is 9.41. The normalized spacial score (nSPS) is 21.6. The van der Waals surface area contributed by atoms with Gasteiger partial charge < -0.3 is 9.74 Å². The van der Waals surface area contributed by atoms with Crippen LogP contribution in [0, 0.1) is 17.4 Å². The number of aliphatic imine (C=N–C) groups is 1. The number of benzene rings is 1. The summed E-state index contributed by atoms with van der Waals surface area (Å²) < 4.78 is 97.8. The molecule has 1 atom stereocenters. The number of nitrogens with zero attached hydrogens (tertiary/aromatic N) is 5. The Bertz CT molecular complexity index is 1330. The first-order chi connectivity index (χ1) is 17.6. The van der Waals surface area contributed by atoms with Gasteiger partial charge in [-0.05, 0) is 24.3 Å². The number of amidine groups is 1. The quantitative estimate of drug-likeness (QED) is 0.189. The molecule has 0 radical (unpaired) electrons. The Labute approximate surface area is 217 Å². The second-order valence-corrected chi connectivity index (χ2v) is 9.71. The average Bonchev–Trinajstić information content (AvgIpc) is 3.27. The molecule has 2 aliphatic heterocycles. The first-order valence-corrected chi connectivity index (χ1v) is 11.6. The lowest BCUT2D eigenvalue weighted by atomic mass is 9.85. The molecular weight excluding hydrogens is 543 g/mol. The van der Waals surface area contributed by atoms with Crippen LogP contribution >= 0.6 is 11.6 Å². The van der Waals surface area contributed by atoms with Crippen molar-refractivity contribution in [3.8, 4) is 6.19 Å². The Balaban J connectivity index is 1.57. The van der Waals surface area contributed by atoms with Gasteiger partial charge in [0.15, 0.2) is 5.67 Å². The van der Waals surface area contributed by atoms with Crippen molar-refractivity contribution in [2.24, 2.45) is 16.1 Å². The lowest BCUT2D eigenvalue weighted by Crippen LogP contribution is -2.60. The summed E-state index contributed by atoms with van der Waals surface area (Å²) in [6.07, 6.45) is -8.25. The van der Waals surface area contributed by atoms with E-state index in [0.29, 0.717) is 11.9 Å². The maximum Gasteiger partial charge on any atom is 0.435 e. The molecular formula is C24H19ClF7N5O. The Morgan fingerprint density at radius 2 is 1.84 bits per heavy atom. The summed E-state index contributed by atoms with van der Waals surface area (Å²) in [5, 5.41) is 11.6. The molecule has 38 heavy (non-hydrogen) atoms. The number of pyridine rings is 1. The van der Waals surface area contributed by atoms with Gasteiger partial charge in [0.1, 0.15) is 5.84 Å². The van der Waals surface area contributed by atoms with E-state index in [9.17, 15) is 26.3 Å². The molecule has 4 rings (SSSR count). The lowest BCUT2D eigenvalue weighted by molar-refractivity contribution is -0.276. The summed E-state index contributed by atoms with van der Waals surface area (Å²) in [7, 11) is 0. The fourth-order valence-corrected chi connectivity index (χ4v) is 4.61. The standard InChI is InChI=1S/C24H19ClF7N5O/c1-13(2)20(35-12-33)37-10-21(26,11-37)19-6-3-14(9-34-19)18-8-22(38-36-18,24(30,31)32)15-4-5-17(25)16(7-15)23(27,28)29/h3-7,9,13H,8,10-11H2,1-2H3. The molecule has 0 bridgehead atoms.